The summed E-state index contributed by atoms with van der Waals surface area (Å²) in [6.07, 6.45) is 0. The molecule has 1 aliphatic heterocycles. The number of nitrogens with zero attached hydrogens (tertiary/aromatic N) is 3. The topological polar surface area (TPSA) is 202 Å². The molecule has 13 nitrogen and oxygen atoms in total. The molecule has 1 aliphatic rings. The minimum absolute atomic E-state index is 0. The van der Waals surface area contributed by atoms with Gasteiger partial charge in [0, 0.05) is 34.9 Å². The van der Waals surface area contributed by atoms with Crippen LogP contribution in [0.3, 0.4) is 0 Å². The summed E-state index contributed by atoms with van der Waals surface area (Å²) in [5, 5.41) is 16.3. The van der Waals surface area contributed by atoms with E-state index in [-0.39, 0.29) is 44.7 Å². The van der Waals surface area contributed by atoms with E-state index in [1.54, 1.807) is 0 Å². The molecule has 2 rings (SSSR count). The zero-order chi connectivity index (χ0) is 21.4. The molecule has 2 atom stereocenters. The first kappa shape index (κ1) is 25.3. The van der Waals surface area contributed by atoms with Crippen LogP contribution in [-0.2, 0) is 29.5 Å². The molecular formula is C13H17N5NaO8S2. The molecule has 1 radical (unpaired) electrons. The minimum Gasteiger partial charge on any atom is -0.478 e. The zero-order valence-corrected chi connectivity index (χ0v) is 19.4. The monoisotopic (exact) mass is 458 g/mol. The number of nitrogens with two attached hydrogens (primary N) is 1. The number of aromatic nitrogens is 1. The van der Waals surface area contributed by atoms with Gasteiger partial charge in [-0.3, -0.25) is 14.1 Å². The van der Waals surface area contributed by atoms with Gasteiger partial charge < -0.3 is 21.0 Å². The molecule has 0 bridgehead atoms. The van der Waals surface area contributed by atoms with Crippen LogP contribution in [0.2, 0.25) is 0 Å². The number of rotatable bonds is 7. The van der Waals surface area contributed by atoms with E-state index < -0.39 is 51.5 Å². The SMILES string of the molecule is C[C@@H]1[C@H](NC(=O)C(=NOC(C)(C)C(=O)O)c2csc(N)n2)C(=O)N1S(=O)(=O)O.[Na]. The Hall–Kier alpha value is -1.78. The van der Waals surface area contributed by atoms with E-state index in [9.17, 15) is 22.8 Å². The van der Waals surface area contributed by atoms with Gasteiger partial charge in [0.25, 0.3) is 11.8 Å². The quantitative estimate of drug-likeness (QED) is 0.122. The minimum atomic E-state index is -4.76. The van der Waals surface area contributed by atoms with Gasteiger partial charge in [-0.05, 0) is 20.8 Å². The fourth-order valence-electron chi connectivity index (χ4n) is 2.11. The first-order valence-corrected chi connectivity index (χ1v) is 9.86. The van der Waals surface area contributed by atoms with Crippen LogP contribution >= 0.6 is 11.3 Å². The van der Waals surface area contributed by atoms with Crippen LogP contribution in [0.5, 0.6) is 0 Å². The maximum Gasteiger partial charge on any atom is 0.362 e. The van der Waals surface area contributed by atoms with Gasteiger partial charge in [-0.1, -0.05) is 5.16 Å². The van der Waals surface area contributed by atoms with Gasteiger partial charge >= 0.3 is 16.3 Å². The Morgan fingerprint density at radius 3 is 2.45 bits per heavy atom. The van der Waals surface area contributed by atoms with Crippen molar-refractivity contribution in [2.24, 2.45) is 5.16 Å². The van der Waals surface area contributed by atoms with Crippen molar-refractivity contribution in [3.8, 4) is 0 Å². The van der Waals surface area contributed by atoms with Gasteiger partial charge in [-0.15, -0.1) is 11.3 Å². The third kappa shape index (κ3) is 5.43. The molecule has 0 aromatic carbocycles. The standard InChI is InChI=1S/C13H17N5O8S2.Na/c1-5-7(10(20)18(5)28(23,24)25)16-9(19)8(6-4-27-12(14)15-6)17-26-13(2,3)11(21)22;/h4-5,7H,1-3H3,(H2,14,15)(H,16,19)(H,21,22)(H,23,24,25);/t5-,7+;/m1./s1. The molecule has 0 saturated carbocycles. The summed E-state index contributed by atoms with van der Waals surface area (Å²) in [4.78, 5) is 44.4. The fraction of sp³-hybridized carbons (Fsp3) is 0.462. The summed E-state index contributed by atoms with van der Waals surface area (Å²) in [5.41, 5.74) is 3.26. The van der Waals surface area contributed by atoms with Crippen molar-refractivity contribution < 1.29 is 37.3 Å². The van der Waals surface area contributed by atoms with Gasteiger partial charge in [0.1, 0.15) is 11.7 Å². The molecule has 16 heteroatoms. The van der Waals surface area contributed by atoms with E-state index >= 15 is 0 Å². The number of carbonyl (C=O) groups is 3. The summed E-state index contributed by atoms with van der Waals surface area (Å²) in [7, 11) is -4.76. The number of aliphatic carboxylic acids is 1. The van der Waals surface area contributed by atoms with Crippen molar-refractivity contribution in [3.05, 3.63) is 11.1 Å². The average molecular weight is 458 g/mol. The number of anilines is 1. The van der Waals surface area contributed by atoms with Crippen molar-refractivity contribution in [1.29, 1.82) is 0 Å². The molecular weight excluding hydrogens is 441 g/mol. The Bertz CT molecular complexity index is 960. The number of carboxylic acid groups (broad SMARTS) is 1. The number of nitrogen functional groups attached to an aromatic ring is 1. The predicted molar refractivity (Wildman–Crippen MR) is 101 cm³/mol. The van der Waals surface area contributed by atoms with E-state index in [1.807, 2.05) is 0 Å². The first-order valence-electron chi connectivity index (χ1n) is 7.58. The van der Waals surface area contributed by atoms with Gasteiger partial charge in [0.2, 0.25) is 5.60 Å². The average Bonchev–Trinajstić information content (AvgIpc) is 2.97. The van der Waals surface area contributed by atoms with Crippen molar-refractivity contribution in [2.45, 2.75) is 38.5 Å². The van der Waals surface area contributed by atoms with Crippen LogP contribution < -0.4 is 11.1 Å². The maximum atomic E-state index is 12.6. The smallest absolute Gasteiger partial charge is 0.362 e. The number of hydrogen-bond donors (Lipinski definition) is 4. The molecule has 1 aromatic heterocycles. The maximum absolute atomic E-state index is 12.6. The number of amides is 2. The Morgan fingerprint density at radius 2 is 2.03 bits per heavy atom. The third-order valence-corrected chi connectivity index (χ3v) is 5.41. The Labute approximate surface area is 191 Å². The van der Waals surface area contributed by atoms with Gasteiger partial charge in [-0.25, -0.2) is 14.1 Å². The number of thiazole rings is 1. The summed E-state index contributed by atoms with van der Waals surface area (Å²) >= 11 is 0.980. The number of carboxylic acids is 1. The van der Waals surface area contributed by atoms with Crippen molar-refractivity contribution in [2.75, 3.05) is 5.73 Å². The number of β-lactam (4-membered cyclic amide) rings is 1. The first-order chi connectivity index (χ1) is 12.8. The molecule has 0 unspecified atom stereocenters. The van der Waals surface area contributed by atoms with Gasteiger partial charge in [0.15, 0.2) is 10.8 Å². The van der Waals surface area contributed by atoms with Crippen molar-refractivity contribution >= 4 is 79.8 Å². The molecule has 1 fully saturated rings. The molecule has 2 heterocycles. The van der Waals surface area contributed by atoms with Crippen LogP contribution in [0.25, 0.3) is 0 Å². The molecule has 0 spiro atoms. The largest absolute Gasteiger partial charge is 0.478 e. The normalized spacial score (nSPS) is 19.8. The van der Waals surface area contributed by atoms with Crippen LogP contribution in [0.1, 0.15) is 26.5 Å². The number of carbonyl (C=O) groups excluding carboxylic acids is 2. The van der Waals surface area contributed by atoms with Crippen LogP contribution in [0.15, 0.2) is 10.5 Å². The number of oxime groups is 1. The van der Waals surface area contributed by atoms with Crippen LogP contribution in [0, 0.1) is 0 Å². The molecule has 29 heavy (non-hydrogen) atoms. The zero-order valence-electron chi connectivity index (χ0n) is 15.8. The Kier molecular flexibility index (Phi) is 7.78. The van der Waals surface area contributed by atoms with Crippen LogP contribution in [-0.4, -0.2) is 98.1 Å². The molecule has 1 aromatic rings. The summed E-state index contributed by atoms with van der Waals surface area (Å²) < 4.78 is 31.4. The molecule has 155 valence electrons. The Balaban J connectivity index is 0.00000420. The van der Waals surface area contributed by atoms with Gasteiger partial charge in [0.05, 0.1) is 6.04 Å². The summed E-state index contributed by atoms with van der Waals surface area (Å²) in [6.45, 7) is 3.69. The summed E-state index contributed by atoms with van der Waals surface area (Å²) in [6, 6.07) is -2.31. The molecule has 1 saturated heterocycles. The van der Waals surface area contributed by atoms with Crippen molar-refractivity contribution in [1.82, 2.24) is 14.6 Å². The number of nitrogens with one attached hydrogen (secondary N) is 1. The molecule has 0 aliphatic carbocycles. The predicted octanol–water partition coefficient (Wildman–Crippen LogP) is -1.55. The fourth-order valence-corrected chi connectivity index (χ4v) is 3.54. The second-order valence-electron chi connectivity index (χ2n) is 6.22. The Morgan fingerprint density at radius 1 is 1.45 bits per heavy atom. The van der Waals surface area contributed by atoms with E-state index in [2.05, 4.69) is 15.5 Å². The molecule has 2 amide bonds. The number of hydrogen-bond acceptors (Lipinski definition) is 10. The second kappa shape index (κ2) is 8.93. The van der Waals surface area contributed by atoms with Gasteiger partial charge in [-0.2, -0.15) is 8.42 Å². The van der Waals surface area contributed by atoms with Crippen molar-refractivity contribution in [3.63, 3.8) is 0 Å². The van der Waals surface area contributed by atoms with E-state index in [0.29, 0.717) is 0 Å². The van der Waals surface area contributed by atoms with Crippen LogP contribution in [0.4, 0.5) is 5.13 Å². The second-order valence-corrected chi connectivity index (χ2v) is 8.40. The van der Waals surface area contributed by atoms with E-state index in [1.165, 1.54) is 26.2 Å². The molecule has 5 N–H and O–H groups in total. The third-order valence-electron chi connectivity index (χ3n) is 3.73. The van der Waals surface area contributed by atoms with E-state index in [0.717, 1.165) is 11.3 Å². The summed E-state index contributed by atoms with van der Waals surface area (Å²) in [5.74, 6) is -3.38. The van der Waals surface area contributed by atoms with E-state index in [4.69, 9.17) is 20.2 Å².